The van der Waals surface area contributed by atoms with Crippen molar-refractivity contribution < 1.29 is 5.11 Å². The summed E-state index contributed by atoms with van der Waals surface area (Å²) >= 11 is 5.92. The van der Waals surface area contributed by atoms with E-state index in [2.05, 4.69) is 0 Å². The monoisotopic (exact) mass is 148 g/mol. The fourth-order valence-electron chi connectivity index (χ4n) is 1.37. The van der Waals surface area contributed by atoms with Gasteiger partial charge in [-0.2, -0.15) is 0 Å². The summed E-state index contributed by atoms with van der Waals surface area (Å²) < 4.78 is 0. The van der Waals surface area contributed by atoms with Crippen LogP contribution < -0.4 is 0 Å². The predicted octanol–water partition coefficient (Wildman–Crippen LogP) is 1.78. The molecule has 2 heteroatoms. The summed E-state index contributed by atoms with van der Waals surface area (Å²) in [6.07, 6.45) is 4.69. The highest BCUT2D eigenvalue weighted by Gasteiger charge is 2.21. The van der Waals surface area contributed by atoms with Gasteiger partial charge in [0.2, 0.25) is 0 Å². The minimum absolute atomic E-state index is 0.240. The molecule has 1 saturated carbocycles. The van der Waals surface area contributed by atoms with E-state index in [1.54, 1.807) is 0 Å². The maximum Gasteiger partial charge on any atom is 0.0473 e. The molecular formula is C7H13ClO. The summed E-state index contributed by atoms with van der Waals surface area (Å²) in [5, 5.41) is 9.02. The highest BCUT2D eigenvalue weighted by atomic mass is 35.5. The molecule has 0 amide bonds. The molecule has 54 valence electrons. The van der Waals surface area contributed by atoms with E-state index >= 15 is 0 Å². The van der Waals surface area contributed by atoms with Gasteiger partial charge >= 0.3 is 0 Å². The van der Waals surface area contributed by atoms with Crippen molar-refractivity contribution in [3.05, 3.63) is 0 Å². The van der Waals surface area contributed by atoms with Crippen LogP contribution in [0.3, 0.4) is 0 Å². The third-order valence-electron chi connectivity index (χ3n) is 2.05. The zero-order chi connectivity index (χ0) is 6.69. The Balaban J connectivity index is 2.30. The van der Waals surface area contributed by atoms with Crippen LogP contribution in [0.5, 0.6) is 0 Å². The number of rotatable bonds is 1. The van der Waals surface area contributed by atoms with Crippen LogP contribution in [0.4, 0.5) is 0 Å². The molecule has 1 N–H and O–H groups in total. The van der Waals surface area contributed by atoms with Gasteiger partial charge in [0.1, 0.15) is 0 Å². The topological polar surface area (TPSA) is 20.2 Å². The third kappa shape index (κ3) is 1.84. The first-order valence-electron chi connectivity index (χ1n) is 3.59. The molecule has 0 aromatic carbocycles. The van der Waals surface area contributed by atoms with Crippen LogP contribution in [0.2, 0.25) is 0 Å². The molecule has 1 nitrogen and oxygen atoms in total. The van der Waals surface area contributed by atoms with Crippen LogP contribution in [-0.4, -0.2) is 17.1 Å². The Labute approximate surface area is 61.0 Å². The Morgan fingerprint density at radius 2 is 2.00 bits per heavy atom. The third-order valence-corrected chi connectivity index (χ3v) is 2.63. The van der Waals surface area contributed by atoms with Gasteiger partial charge in [0.05, 0.1) is 0 Å². The molecule has 1 aliphatic rings. The van der Waals surface area contributed by atoms with Gasteiger partial charge in [0, 0.05) is 12.0 Å². The lowest BCUT2D eigenvalue weighted by Crippen LogP contribution is -2.22. The van der Waals surface area contributed by atoms with E-state index in [-0.39, 0.29) is 12.0 Å². The molecule has 1 rings (SSSR count). The molecule has 1 aliphatic carbocycles. The lowest BCUT2D eigenvalue weighted by molar-refractivity contribution is 0.193. The molecule has 0 radical (unpaired) electrons. The van der Waals surface area contributed by atoms with Gasteiger partial charge in [-0.25, -0.2) is 0 Å². The summed E-state index contributed by atoms with van der Waals surface area (Å²) in [6.45, 7) is 0.272. The molecule has 0 aromatic heterocycles. The molecule has 9 heavy (non-hydrogen) atoms. The number of halogens is 1. The Bertz CT molecular complexity index is 85.0. The van der Waals surface area contributed by atoms with E-state index in [9.17, 15) is 0 Å². The number of alkyl halides is 1. The largest absolute Gasteiger partial charge is 0.396 e. The molecule has 0 saturated heterocycles. The van der Waals surface area contributed by atoms with Crippen molar-refractivity contribution in [1.29, 1.82) is 0 Å². The number of aliphatic hydroxyl groups excluding tert-OH is 1. The Morgan fingerprint density at radius 3 is 2.44 bits per heavy atom. The van der Waals surface area contributed by atoms with Crippen molar-refractivity contribution in [3.8, 4) is 0 Å². The first-order valence-corrected chi connectivity index (χ1v) is 4.03. The average Bonchev–Trinajstić information content (AvgIpc) is 1.89. The minimum atomic E-state index is 0.240. The fraction of sp³-hybridized carbons (Fsp3) is 1.00. The first-order chi connectivity index (χ1) is 4.34. The smallest absolute Gasteiger partial charge is 0.0473 e. The Kier molecular flexibility index (Phi) is 2.80. The van der Waals surface area contributed by atoms with Crippen LogP contribution in [0.15, 0.2) is 0 Å². The SMILES string of the molecule is OC[C@@H]1CCCC[C@H]1Cl. The maximum absolute atomic E-state index is 8.78. The van der Waals surface area contributed by atoms with Gasteiger partial charge in [-0.05, 0) is 18.8 Å². The van der Waals surface area contributed by atoms with E-state index in [0.717, 1.165) is 12.8 Å². The highest BCUT2D eigenvalue weighted by molar-refractivity contribution is 6.20. The quantitative estimate of drug-likeness (QED) is 0.562. The molecule has 2 atom stereocenters. The number of hydrogen-bond donors (Lipinski definition) is 1. The van der Waals surface area contributed by atoms with Gasteiger partial charge in [-0.1, -0.05) is 12.8 Å². The van der Waals surface area contributed by atoms with Crippen LogP contribution in [0.1, 0.15) is 25.7 Å². The zero-order valence-corrected chi connectivity index (χ0v) is 6.27. The van der Waals surface area contributed by atoms with E-state index < -0.39 is 0 Å². The minimum Gasteiger partial charge on any atom is -0.396 e. The van der Waals surface area contributed by atoms with Crippen LogP contribution in [0.25, 0.3) is 0 Å². The molecule has 0 aliphatic heterocycles. The molecule has 0 spiro atoms. The molecular weight excluding hydrogens is 136 g/mol. The summed E-state index contributed by atoms with van der Waals surface area (Å²) in [6, 6.07) is 0. The van der Waals surface area contributed by atoms with Crippen LogP contribution >= 0.6 is 11.6 Å². The van der Waals surface area contributed by atoms with E-state index in [4.69, 9.17) is 16.7 Å². The maximum atomic E-state index is 8.78. The van der Waals surface area contributed by atoms with Crippen molar-refractivity contribution in [2.24, 2.45) is 5.92 Å². The highest BCUT2D eigenvalue weighted by Crippen LogP contribution is 2.27. The van der Waals surface area contributed by atoms with Crippen molar-refractivity contribution in [2.75, 3.05) is 6.61 Å². The zero-order valence-electron chi connectivity index (χ0n) is 5.52. The van der Waals surface area contributed by atoms with E-state index in [0.29, 0.717) is 5.92 Å². The Hall–Kier alpha value is 0.250. The summed E-state index contributed by atoms with van der Waals surface area (Å²) in [7, 11) is 0. The summed E-state index contributed by atoms with van der Waals surface area (Å²) in [4.78, 5) is 0. The number of hydrogen-bond acceptors (Lipinski definition) is 1. The number of aliphatic hydroxyl groups is 1. The lowest BCUT2D eigenvalue weighted by atomic mass is 9.89. The Morgan fingerprint density at radius 1 is 1.33 bits per heavy atom. The summed E-state index contributed by atoms with van der Waals surface area (Å²) in [5.74, 6) is 0.375. The van der Waals surface area contributed by atoms with Gasteiger partial charge < -0.3 is 5.11 Å². The van der Waals surface area contributed by atoms with Gasteiger partial charge in [-0.15, -0.1) is 11.6 Å². The van der Waals surface area contributed by atoms with Crippen molar-refractivity contribution >= 4 is 11.6 Å². The van der Waals surface area contributed by atoms with Gasteiger partial charge in [0.15, 0.2) is 0 Å². The normalized spacial score (nSPS) is 36.7. The average molecular weight is 149 g/mol. The molecule has 0 heterocycles. The van der Waals surface area contributed by atoms with Crippen molar-refractivity contribution in [1.82, 2.24) is 0 Å². The molecule has 0 bridgehead atoms. The molecule has 0 aromatic rings. The van der Waals surface area contributed by atoms with Crippen molar-refractivity contribution in [3.63, 3.8) is 0 Å². The summed E-state index contributed by atoms with van der Waals surface area (Å²) in [5.41, 5.74) is 0. The second-order valence-electron chi connectivity index (χ2n) is 2.74. The predicted molar refractivity (Wildman–Crippen MR) is 38.7 cm³/mol. The van der Waals surface area contributed by atoms with E-state index in [1.807, 2.05) is 0 Å². The first kappa shape index (κ1) is 7.36. The molecule has 0 unspecified atom stereocenters. The molecule has 1 fully saturated rings. The van der Waals surface area contributed by atoms with Crippen molar-refractivity contribution in [2.45, 2.75) is 31.1 Å². The second-order valence-corrected chi connectivity index (χ2v) is 3.30. The lowest BCUT2D eigenvalue weighted by Gasteiger charge is -2.24. The fourth-order valence-corrected chi connectivity index (χ4v) is 1.73. The van der Waals surface area contributed by atoms with E-state index in [1.165, 1.54) is 12.8 Å². The van der Waals surface area contributed by atoms with Crippen LogP contribution in [0, 0.1) is 5.92 Å². The van der Waals surface area contributed by atoms with Gasteiger partial charge in [-0.3, -0.25) is 0 Å². The standard InChI is InChI=1S/C7H13ClO/c8-7-4-2-1-3-6(7)5-9/h6-7,9H,1-5H2/t6-,7+/m0/s1. The van der Waals surface area contributed by atoms with Gasteiger partial charge in [0.25, 0.3) is 0 Å². The van der Waals surface area contributed by atoms with Crippen LogP contribution in [-0.2, 0) is 0 Å². The second kappa shape index (κ2) is 3.43.